The quantitative estimate of drug-likeness (QED) is 0.736. The molecular weight excluding hydrogens is 260 g/mol. The first-order valence-electron chi connectivity index (χ1n) is 4.70. The van der Waals surface area contributed by atoms with E-state index in [-0.39, 0.29) is 12.1 Å². The average Bonchev–Trinajstić information content (AvgIpc) is 2.16. The van der Waals surface area contributed by atoms with Crippen LogP contribution in [0.2, 0.25) is 0 Å². The van der Waals surface area contributed by atoms with Gasteiger partial charge < -0.3 is 9.47 Å². The van der Waals surface area contributed by atoms with Crippen molar-refractivity contribution in [3.63, 3.8) is 0 Å². The van der Waals surface area contributed by atoms with Crippen LogP contribution in [0.4, 0.5) is 0 Å². The van der Waals surface area contributed by atoms with Crippen LogP contribution in [0.25, 0.3) is 0 Å². The highest BCUT2D eigenvalue weighted by Gasteiger charge is 2.23. The minimum Gasteiger partial charge on any atom is -0.455 e. The van der Waals surface area contributed by atoms with E-state index in [4.69, 9.17) is 9.47 Å². The Labute approximate surface area is 96.5 Å². The first kappa shape index (κ1) is 10.6. The lowest BCUT2D eigenvalue weighted by Crippen LogP contribution is -2.20. The lowest BCUT2D eigenvalue weighted by Gasteiger charge is -2.25. The van der Waals surface area contributed by atoms with Gasteiger partial charge in [-0.05, 0) is 17.7 Å². The fourth-order valence-electron chi connectivity index (χ4n) is 1.68. The van der Waals surface area contributed by atoms with E-state index >= 15 is 0 Å². The van der Waals surface area contributed by atoms with Gasteiger partial charge in [-0.15, -0.1) is 0 Å². The minimum atomic E-state index is -0.278. The van der Waals surface area contributed by atoms with Crippen molar-refractivity contribution in [1.82, 2.24) is 0 Å². The van der Waals surface area contributed by atoms with Crippen LogP contribution >= 0.6 is 15.9 Å². The largest absolute Gasteiger partial charge is 0.455 e. The molecule has 0 fully saturated rings. The molecule has 0 N–H and O–H groups in total. The second-order valence-electron chi connectivity index (χ2n) is 3.46. The summed E-state index contributed by atoms with van der Waals surface area (Å²) >= 11 is 3.40. The summed E-state index contributed by atoms with van der Waals surface area (Å²) in [5, 5.41) is 0. The Kier molecular flexibility index (Phi) is 3.07. The van der Waals surface area contributed by atoms with Crippen LogP contribution in [0.5, 0.6) is 0 Å². The molecule has 1 aliphatic rings. The SMILES string of the molecule is CC(=O)O[C@H]1COCc2cc(Br)ccc21. The molecule has 2 rings (SSSR count). The molecule has 1 heterocycles. The number of carbonyl (C=O) groups is 1. The first-order chi connectivity index (χ1) is 7.16. The molecule has 0 aromatic heterocycles. The van der Waals surface area contributed by atoms with Gasteiger partial charge in [0.25, 0.3) is 0 Å². The van der Waals surface area contributed by atoms with Crippen molar-refractivity contribution in [2.24, 2.45) is 0 Å². The van der Waals surface area contributed by atoms with Gasteiger partial charge in [-0.25, -0.2) is 0 Å². The van der Waals surface area contributed by atoms with Crippen LogP contribution < -0.4 is 0 Å². The number of ether oxygens (including phenoxy) is 2. The van der Waals surface area contributed by atoms with E-state index in [1.54, 1.807) is 0 Å². The van der Waals surface area contributed by atoms with Crippen LogP contribution in [0, 0.1) is 0 Å². The van der Waals surface area contributed by atoms with E-state index in [9.17, 15) is 4.79 Å². The van der Waals surface area contributed by atoms with E-state index in [1.807, 2.05) is 18.2 Å². The Bertz CT molecular complexity index is 389. The van der Waals surface area contributed by atoms with Gasteiger partial charge in [-0.2, -0.15) is 0 Å². The Morgan fingerprint density at radius 3 is 3.13 bits per heavy atom. The molecule has 1 atom stereocenters. The smallest absolute Gasteiger partial charge is 0.303 e. The van der Waals surface area contributed by atoms with Crippen LogP contribution in [0.3, 0.4) is 0 Å². The monoisotopic (exact) mass is 270 g/mol. The zero-order valence-electron chi connectivity index (χ0n) is 8.33. The Morgan fingerprint density at radius 2 is 2.40 bits per heavy atom. The summed E-state index contributed by atoms with van der Waals surface area (Å²) in [6.07, 6.45) is -0.264. The van der Waals surface area contributed by atoms with Gasteiger partial charge in [0.15, 0.2) is 6.10 Å². The molecule has 0 spiro atoms. The number of rotatable bonds is 1. The van der Waals surface area contributed by atoms with E-state index in [1.165, 1.54) is 6.92 Å². The summed E-state index contributed by atoms with van der Waals surface area (Å²) in [4.78, 5) is 10.9. The van der Waals surface area contributed by atoms with Gasteiger partial charge in [0.05, 0.1) is 13.2 Å². The second kappa shape index (κ2) is 4.33. The highest BCUT2D eigenvalue weighted by molar-refractivity contribution is 9.10. The van der Waals surface area contributed by atoms with Crippen LogP contribution in [0.1, 0.15) is 24.2 Å². The summed E-state index contributed by atoms with van der Waals surface area (Å²) in [6, 6.07) is 5.90. The predicted octanol–water partition coefficient (Wildman–Crippen LogP) is 2.58. The number of hydrogen-bond acceptors (Lipinski definition) is 3. The highest BCUT2D eigenvalue weighted by atomic mass is 79.9. The molecule has 1 aromatic carbocycles. The Hall–Kier alpha value is -0.870. The van der Waals surface area contributed by atoms with Crippen molar-refractivity contribution in [1.29, 1.82) is 0 Å². The third kappa shape index (κ3) is 2.38. The number of carbonyl (C=O) groups excluding carboxylic acids is 1. The van der Waals surface area contributed by atoms with Gasteiger partial charge in [-0.1, -0.05) is 22.0 Å². The van der Waals surface area contributed by atoms with Crippen LogP contribution in [0.15, 0.2) is 22.7 Å². The van der Waals surface area contributed by atoms with Crippen LogP contribution in [-0.2, 0) is 20.9 Å². The minimum absolute atomic E-state index is 0.264. The van der Waals surface area contributed by atoms with Crippen molar-refractivity contribution in [3.8, 4) is 0 Å². The molecule has 1 aromatic rings. The summed E-state index contributed by atoms with van der Waals surface area (Å²) in [5.74, 6) is -0.278. The Balaban J connectivity index is 2.30. The molecule has 0 unspecified atom stereocenters. The molecule has 15 heavy (non-hydrogen) atoms. The summed E-state index contributed by atoms with van der Waals surface area (Å²) in [6.45, 7) is 2.42. The van der Waals surface area contributed by atoms with E-state index in [0.29, 0.717) is 13.2 Å². The van der Waals surface area contributed by atoms with Crippen LogP contribution in [-0.4, -0.2) is 12.6 Å². The first-order valence-corrected chi connectivity index (χ1v) is 5.49. The van der Waals surface area contributed by atoms with Gasteiger partial charge in [0.1, 0.15) is 0 Å². The maximum Gasteiger partial charge on any atom is 0.303 e. The maximum absolute atomic E-state index is 10.9. The molecule has 0 saturated heterocycles. The molecule has 0 bridgehead atoms. The average molecular weight is 271 g/mol. The number of halogens is 1. The number of fused-ring (bicyclic) bond motifs is 1. The summed E-state index contributed by atoms with van der Waals surface area (Å²) in [5.41, 5.74) is 2.11. The lowest BCUT2D eigenvalue weighted by atomic mass is 10.0. The third-order valence-corrected chi connectivity index (χ3v) is 2.78. The number of hydrogen-bond donors (Lipinski definition) is 0. The standard InChI is InChI=1S/C11H11BrO3/c1-7(13)15-11-6-14-5-8-4-9(12)2-3-10(8)11/h2-4,11H,5-6H2,1H3/t11-/m0/s1. The molecule has 3 nitrogen and oxygen atoms in total. The van der Waals surface area contributed by atoms with Crippen molar-refractivity contribution in [2.45, 2.75) is 19.6 Å². The van der Waals surface area contributed by atoms with Gasteiger partial charge in [0, 0.05) is 17.0 Å². The molecule has 1 aliphatic heterocycles. The summed E-state index contributed by atoms with van der Waals surface area (Å²) < 4.78 is 11.6. The molecule has 80 valence electrons. The summed E-state index contributed by atoms with van der Waals surface area (Å²) in [7, 11) is 0. The van der Waals surface area contributed by atoms with E-state index in [2.05, 4.69) is 15.9 Å². The number of benzene rings is 1. The van der Waals surface area contributed by atoms with Crippen molar-refractivity contribution in [2.75, 3.05) is 6.61 Å². The molecule has 0 aliphatic carbocycles. The molecule has 4 heteroatoms. The third-order valence-electron chi connectivity index (χ3n) is 2.29. The topological polar surface area (TPSA) is 35.5 Å². The zero-order chi connectivity index (χ0) is 10.8. The van der Waals surface area contributed by atoms with Gasteiger partial charge in [-0.3, -0.25) is 4.79 Å². The van der Waals surface area contributed by atoms with E-state index < -0.39 is 0 Å². The lowest BCUT2D eigenvalue weighted by molar-refractivity contribution is -0.151. The highest BCUT2D eigenvalue weighted by Crippen LogP contribution is 2.29. The molecule has 0 saturated carbocycles. The van der Waals surface area contributed by atoms with Gasteiger partial charge in [0.2, 0.25) is 0 Å². The molecule has 0 radical (unpaired) electrons. The number of esters is 1. The van der Waals surface area contributed by atoms with Gasteiger partial charge >= 0.3 is 5.97 Å². The predicted molar refractivity (Wildman–Crippen MR) is 58.3 cm³/mol. The second-order valence-corrected chi connectivity index (χ2v) is 4.37. The fourth-order valence-corrected chi connectivity index (χ4v) is 2.09. The molecular formula is C11H11BrO3. The maximum atomic E-state index is 10.9. The van der Waals surface area contributed by atoms with Crippen molar-refractivity contribution in [3.05, 3.63) is 33.8 Å². The van der Waals surface area contributed by atoms with E-state index in [0.717, 1.165) is 15.6 Å². The fraction of sp³-hybridized carbons (Fsp3) is 0.364. The van der Waals surface area contributed by atoms with Crippen molar-refractivity contribution < 1.29 is 14.3 Å². The Morgan fingerprint density at radius 1 is 1.60 bits per heavy atom. The van der Waals surface area contributed by atoms with Crippen molar-refractivity contribution >= 4 is 21.9 Å². The molecule has 0 amide bonds. The normalized spacial score (nSPS) is 19.5. The zero-order valence-corrected chi connectivity index (χ0v) is 9.91.